The predicted molar refractivity (Wildman–Crippen MR) is 54.4 cm³/mol. The molecule has 0 saturated carbocycles. The molecule has 0 aromatic carbocycles. The van der Waals surface area contributed by atoms with E-state index in [0.717, 1.165) is 0 Å². The number of rotatable bonds is 9. The topological polar surface area (TPSA) is 135 Å². The van der Waals surface area contributed by atoms with Crippen molar-refractivity contribution in [3.8, 4) is 0 Å². The summed E-state index contributed by atoms with van der Waals surface area (Å²) in [5.74, 6) is -26.5. The van der Waals surface area contributed by atoms with Gasteiger partial charge in [-0.25, -0.2) is 8.78 Å². The molecule has 0 heterocycles. The van der Waals surface area contributed by atoms with Gasteiger partial charge in [0.05, 0.1) is 5.97 Å². The number of aliphatic carboxylic acids is 2. The van der Waals surface area contributed by atoms with Gasteiger partial charge in [0.15, 0.2) is 0 Å². The summed E-state index contributed by atoms with van der Waals surface area (Å²) in [5.41, 5.74) is 0. The third kappa shape index (κ3) is 6.13. The van der Waals surface area contributed by atoms with Gasteiger partial charge < -0.3 is 19.8 Å². The molecule has 148 valence electrons. The summed E-state index contributed by atoms with van der Waals surface area (Å²) in [6.45, 7) is 0. The second-order valence-corrected chi connectivity index (χ2v) is 6.42. The van der Waals surface area contributed by atoms with Gasteiger partial charge in [0.2, 0.25) is 0 Å². The quantitative estimate of drug-likeness (QED) is 0.207. The van der Waals surface area contributed by atoms with Crippen molar-refractivity contribution < 1.29 is 127 Å². The van der Waals surface area contributed by atoms with Gasteiger partial charge in [-0.15, -0.1) is 0 Å². The Labute approximate surface area is 189 Å². The van der Waals surface area contributed by atoms with Crippen LogP contribution in [0.25, 0.3) is 0 Å². The molecule has 1 atom stereocenters. The van der Waals surface area contributed by atoms with Gasteiger partial charge in [-0.05, 0) is 0 Å². The van der Waals surface area contributed by atoms with E-state index < -0.39 is 63.8 Å². The van der Waals surface area contributed by atoms with E-state index in [-0.39, 0.29) is 59.1 Å². The minimum Gasteiger partial charge on any atom is -0.550 e. The number of halogens is 8. The maximum Gasteiger partial charge on any atom is 1.00 e. The van der Waals surface area contributed by atoms with E-state index in [2.05, 4.69) is 0 Å². The molecule has 0 aromatic rings. The molecule has 0 saturated heterocycles. The molecule has 0 aliphatic rings. The molecule has 0 amide bonds. The number of carboxylic acids is 2. The molecular formula is C9H6F8Na2O7S. The van der Waals surface area contributed by atoms with Gasteiger partial charge in [-0.2, -0.15) is 34.8 Å². The summed E-state index contributed by atoms with van der Waals surface area (Å²) in [6, 6.07) is 0. The standard InChI is InChI=1S/C9H8F8O7S.2Na/c10-4(11)8(14,15)9(16,17)7(12,13)2-6(5(20)21,1-3(18)19)25(22,23)24;;/h4H,1-2H2,(H,18,19)(H,20,21)(H,22,23,24);;/q;2*+1/p-2. The third-order valence-electron chi connectivity index (χ3n) is 2.96. The Bertz CT molecular complexity index is 657. The van der Waals surface area contributed by atoms with Gasteiger partial charge >= 0.3 is 83.3 Å². The SMILES string of the molecule is O=C([O-])CC(CC(F)(F)C(F)(F)C(F)(F)C(F)F)(C(=O)[O-])S(=O)(=O)O.[Na+].[Na+]. The summed E-state index contributed by atoms with van der Waals surface area (Å²) in [4.78, 5) is 21.1. The molecule has 1 N–H and O–H groups in total. The Morgan fingerprint density at radius 2 is 1.33 bits per heavy atom. The second-order valence-electron chi connectivity index (χ2n) is 4.68. The van der Waals surface area contributed by atoms with E-state index >= 15 is 0 Å². The minimum atomic E-state index is -7.04. The first-order valence-corrected chi connectivity index (χ1v) is 7.00. The summed E-state index contributed by atoms with van der Waals surface area (Å²) < 4.78 is 128. The molecule has 18 heteroatoms. The molecule has 7 nitrogen and oxygen atoms in total. The van der Waals surface area contributed by atoms with E-state index in [0.29, 0.717) is 0 Å². The normalized spacial score (nSPS) is 15.3. The van der Waals surface area contributed by atoms with E-state index in [1.807, 2.05) is 0 Å². The average Bonchev–Trinajstić information content (AvgIpc) is 2.34. The van der Waals surface area contributed by atoms with Crippen LogP contribution >= 0.6 is 0 Å². The van der Waals surface area contributed by atoms with Gasteiger partial charge in [-0.1, -0.05) is 0 Å². The number of carbonyl (C=O) groups excluding carboxylic acids is 2. The number of alkyl halides is 8. The molecule has 0 radical (unpaired) electrons. The van der Waals surface area contributed by atoms with E-state index in [1.54, 1.807) is 0 Å². The molecule has 0 aliphatic carbocycles. The number of carboxylic acid groups (broad SMARTS) is 2. The number of hydrogen-bond donors (Lipinski definition) is 1. The van der Waals surface area contributed by atoms with Gasteiger partial charge in [0.1, 0.15) is 4.75 Å². The molecule has 0 bridgehead atoms. The maximum atomic E-state index is 13.5. The van der Waals surface area contributed by atoms with Crippen LogP contribution in [0.15, 0.2) is 0 Å². The molecule has 0 spiro atoms. The Morgan fingerprint density at radius 1 is 0.963 bits per heavy atom. The van der Waals surface area contributed by atoms with Crippen LogP contribution in [-0.2, 0) is 19.7 Å². The molecule has 0 aliphatic heterocycles. The first-order chi connectivity index (χ1) is 10.8. The zero-order valence-corrected chi connectivity index (χ0v) is 18.1. The molecule has 0 rings (SSSR count). The van der Waals surface area contributed by atoms with Crippen molar-refractivity contribution in [2.45, 2.75) is 41.8 Å². The smallest absolute Gasteiger partial charge is 0.550 e. The second kappa shape index (κ2) is 9.86. The largest absolute Gasteiger partial charge is 1.00 e. The van der Waals surface area contributed by atoms with Gasteiger partial charge in [0, 0.05) is 18.8 Å². The van der Waals surface area contributed by atoms with Crippen LogP contribution in [-0.4, -0.2) is 53.8 Å². The third-order valence-corrected chi connectivity index (χ3v) is 4.40. The van der Waals surface area contributed by atoms with Crippen LogP contribution in [0.4, 0.5) is 35.1 Å². The van der Waals surface area contributed by atoms with Gasteiger partial charge in [-0.3, -0.25) is 4.55 Å². The van der Waals surface area contributed by atoms with Crippen LogP contribution in [0.3, 0.4) is 0 Å². The fourth-order valence-corrected chi connectivity index (χ4v) is 2.45. The fourth-order valence-electron chi connectivity index (χ4n) is 1.58. The Morgan fingerprint density at radius 3 is 1.56 bits per heavy atom. The van der Waals surface area contributed by atoms with Crippen LogP contribution in [0.2, 0.25) is 0 Å². The van der Waals surface area contributed by atoms with Crippen LogP contribution in [0.5, 0.6) is 0 Å². The summed E-state index contributed by atoms with van der Waals surface area (Å²) in [7, 11) is -6.51. The van der Waals surface area contributed by atoms with E-state index in [9.17, 15) is 63.3 Å². The first-order valence-electron chi connectivity index (χ1n) is 5.56. The van der Waals surface area contributed by atoms with Crippen molar-refractivity contribution in [1.82, 2.24) is 0 Å². The maximum absolute atomic E-state index is 13.5. The van der Waals surface area contributed by atoms with Crippen molar-refractivity contribution in [1.29, 1.82) is 0 Å². The first kappa shape index (κ1) is 32.0. The Hall–Kier alpha value is 0.290. The van der Waals surface area contributed by atoms with Crippen molar-refractivity contribution in [2.24, 2.45) is 0 Å². The Balaban J connectivity index is -0.00000288. The predicted octanol–water partition coefficient (Wildman–Crippen LogP) is -6.93. The summed E-state index contributed by atoms with van der Waals surface area (Å²) >= 11 is 0. The molecule has 0 fully saturated rings. The monoisotopic (exact) mass is 456 g/mol. The van der Waals surface area contributed by atoms with Crippen molar-refractivity contribution in [3.63, 3.8) is 0 Å². The van der Waals surface area contributed by atoms with E-state index in [4.69, 9.17) is 4.55 Å². The van der Waals surface area contributed by atoms with Crippen LogP contribution in [0.1, 0.15) is 12.8 Å². The summed E-state index contributed by atoms with van der Waals surface area (Å²) in [6.07, 6.45) is -11.5. The minimum absolute atomic E-state index is 0. The molecule has 27 heavy (non-hydrogen) atoms. The van der Waals surface area contributed by atoms with Crippen molar-refractivity contribution in [3.05, 3.63) is 0 Å². The number of hydrogen-bond acceptors (Lipinski definition) is 6. The molecule has 1 unspecified atom stereocenters. The molecule has 0 aromatic heterocycles. The van der Waals surface area contributed by atoms with E-state index in [1.165, 1.54) is 0 Å². The Kier molecular flexibility index (Phi) is 11.7. The fraction of sp³-hybridized carbons (Fsp3) is 0.778. The zero-order valence-electron chi connectivity index (χ0n) is 13.3. The molecular weight excluding hydrogens is 450 g/mol. The van der Waals surface area contributed by atoms with Crippen molar-refractivity contribution in [2.75, 3.05) is 0 Å². The van der Waals surface area contributed by atoms with Crippen molar-refractivity contribution >= 4 is 22.1 Å². The number of carbonyl (C=O) groups is 2. The van der Waals surface area contributed by atoms with Crippen LogP contribution < -0.4 is 69.3 Å². The average molecular weight is 456 g/mol. The van der Waals surface area contributed by atoms with Gasteiger partial charge in [0.25, 0.3) is 10.1 Å². The zero-order chi connectivity index (χ0) is 20.6. The van der Waals surface area contributed by atoms with Crippen LogP contribution in [0, 0.1) is 0 Å². The summed E-state index contributed by atoms with van der Waals surface area (Å²) in [5, 5.41) is 21.1.